The third-order valence-electron chi connectivity index (χ3n) is 3.29. The van der Waals surface area contributed by atoms with Gasteiger partial charge in [0.1, 0.15) is 0 Å². The van der Waals surface area contributed by atoms with Crippen molar-refractivity contribution in [3.8, 4) is 0 Å². The monoisotopic (exact) mass is 270 g/mol. The van der Waals surface area contributed by atoms with Gasteiger partial charge in [0, 0.05) is 38.6 Å². The number of aliphatic hydroxyl groups is 1. The number of hydrogen-bond acceptors (Lipinski definition) is 3. The molecule has 3 heteroatoms. The predicted molar refractivity (Wildman–Crippen MR) is 81.0 cm³/mol. The van der Waals surface area contributed by atoms with Gasteiger partial charge < -0.3 is 5.11 Å². The summed E-state index contributed by atoms with van der Waals surface area (Å²) in [6, 6.07) is 14.5. The highest BCUT2D eigenvalue weighted by Gasteiger charge is 2.11. The van der Waals surface area contributed by atoms with E-state index in [-0.39, 0.29) is 12.5 Å². The molecule has 0 aliphatic rings. The van der Waals surface area contributed by atoms with Crippen LogP contribution >= 0.6 is 0 Å². The highest BCUT2D eigenvalue weighted by Crippen LogP contribution is 2.11. The van der Waals surface area contributed by atoms with Crippen LogP contribution in [0.4, 0.5) is 0 Å². The van der Waals surface area contributed by atoms with Gasteiger partial charge in [-0.1, -0.05) is 37.3 Å². The van der Waals surface area contributed by atoms with Gasteiger partial charge in [-0.25, -0.2) is 0 Å². The summed E-state index contributed by atoms with van der Waals surface area (Å²) < 4.78 is 0. The normalized spacial score (nSPS) is 12.6. The van der Waals surface area contributed by atoms with E-state index in [0.717, 1.165) is 19.6 Å². The first-order chi connectivity index (χ1) is 9.78. The lowest BCUT2D eigenvalue weighted by Crippen LogP contribution is -2.29. The lowest BCUT2D eigenvalue weighted by Gasteiger charge is -2.25. The Labute approximate surface area is 120 Å². The van der Waals surface area contributed by atoms with Gasteiger partial charge in [-0.3, -0.25) is 9.88 Å². The first kappa shape index (κ1) is 14.7. The molecule has 0 aliphatic carbocycles. The summed E-state index contributed by atoms with van der Waals surface area (Å²) in [5, 5.41) is 9.28. The molecule has 2 rings (SSSR count). The van der Waals surface area contributed by atoms with E-state index in [4.69, 9.17) is 0 Å². The van der Waals surface area contributed by atoms with Crippen LogP contribution in [-0.2, 0) is 13.1 Å². The Bertz CT molecular complexity index is 445. The second-order valence-electron chi connectivity index (χ2n) is 5.30. The standard InChI is InChI=1S/C17H22N2O/c1-15(14-20)11-19(12-16-5-3-2-4-6-16)13-17-7-9-18-10-8-17/h2-10,15,20H,11-14H2,1H3. The zero-order chi connectivity index (χ0) is 14.2. The van der Waals surface area contributed by atoms with E-state index in [2.05, 4.69) is 41.1 Å². The summed E-state index contributed by atoms with van der Waals surface area (Å²) in [7, 11) is 0. The summed E-state index contributed by atoms with van der Waals surface area (Å²) in [6.45, 7) is 4.95. The third-order valence-corrected chi connectivity index (χ3v) is 3.29. The number of aromatic nitrogens is 1. The molecule has 3 nitrogen and oxygen atoms in total. The van der Waals surface area contributed by atoms with Crippen molar-refractivity contribution in [3.05, 3.63) is 66.0 Å². The van der Waals surface area contributed by atoms with E-state index in [9.17, 15) is 5.11 Å². The maximum atomic E-state index is 9.28. The van der Waals surface area contributed by atoms with Crippen LogP contribution in [0.2, 0.25) is 0 Å². The zero-order valence-electron chi connectivity index (χ0n) is 11.9. The molecule has 0 radical (unpaired) electrons. The molecule has 1 unspecified atom stereocenters. The SMILES string of the molecule is CC(CO)CN(Cc1ccccc1)Cc1ccncc1. The van der Waals surface area contributed by atoms with Crippen LogP contribution in [0.25, 0.3) is 0 Å². The number of aliphatic hydroxyl groups excluding tert-OH is 1. The first-order valence-electron chi connectivity index (χ1n) is 7.04. The minimum atomic E-state index is 0.224. The minimum absolute atomic E-state index is 0.224. The molecular weight excluding hydrogens is 248 g/mol. The van der Waals surface area contributed by atoms with Gasteiger partial charge >= 0.3 is 0 Å². The molecule has 106 valence electrons. The molecule has 0 amide bonds. The van der Waals surface area contributed by atoms with Crippen molar-refractivity contribution in [1.29, 1.82) is 0 Å². The van der Waals surface area contributed by atoms with Crippen LogP contribution in [-0.4, -0.2) is 28.1 Å². The van der Waals surface area contributed by atoms with Gasteiger partial charge in [0.25, 0.3) is 0 Å². The average Bonchev–Trinajstić information content (AvgIpc) is 2.49. The number of benzene rings is 1. The highest BCUT2D eigenvalue weighted by atomic mass is 16.3. The van der Waals surface area contributed by atoms with Crippen molar-refractivity contribution in [2.75, 3.05) is 13.2 Å². The van der Waals surface area contributed by atoms with E-state index in [1.54, 1.807) is 0 Å². The van der Waals surface area contributed by atoms with Crippen molar-refractivity contribution < 1.29 is 5.11 Å². The summed E-state index contributed by atoms with van der Waals surface area (Å²) in [4.78, 5) is 6.42. The van der Waals surface area contributed by atoms with Crippen LogP contribution in [0, 0.1) is 5.92 Å². The van der Waals surface area contributed by atoms with Gasteiger partial charge in [0.15, 0.2) is 0 Å². The van der Waals surface area contributed by atoms with E-state index in [1.165, 1.54) is 11.1 Å². The molecule has 1 atom stereocenters. The maximum Gasteiger partial charge on any atom is 0.0468 e. The molecule has 0 fully saturated rings. The lowest BCUT2D eigenvalue weighted by molar-refractivity contribution is 0.163. The molecule has 0 aliphatic heterocycles. The Hall–Kier alpha value is -1.71. The van der Waals surface area contributed by atoms with E-state index >= 15 is 0 Å². The number of pyridine rings is 1. The fourth-order valence-electron chi connectivity index (χ4n) is 2.27. The van der Waals surface area contributed by atoms with Crippen LogP contribution in [0.5, 0.6) is 0 Å². The molecule has 0 spiro atoms. The summed E-state index contributed by atoms with van der Waals surface area (Å²) >= 11 is 0. The van der Waals surface area contributed by atoms with Crippen molar-refractivity contribution in [3.63, 3.8) is 0 Å². The van der Waals surface area contributed by atoms with Gasteiger partial charge in [0.05, 0.1) is 0 Å². The molecule has 0 bridgehead atoms. The number of nitrogens with zero attached hydrogens (tertiary/aromatic N) is 2. The van der Waals surface area contributed by atoms with Crippen LogP contribution in [0.1, 0.15) is 18.1 Å². The van der Waals surface area contributed by atoms with Gasteiger partial charge in [-0.2, -0.15) is 0 Å². The number of hydrogen-bond donors (Lipinski definition) is 1. The molecule has 20 heavy (non-hydrogen) atoms. The van der Waals surface area contributed by atoms with E-state index in [1.807, 2.05) is 30.6 Å². The Morgan fingerprint density at radius 3 is 2.20 bits per heavy atom. The molecule has 1 heterocycles. The molecule has 1 N–H and O–H groups in total. The Balaban J connectivity index is 2.04. The lowest BCUT2D eigenvalue weighted by atomic mass is 10.1. The van der Waals surface area contributed by atoms with E-state index in [0.29, 0.717) is 0 Å². The summed E-state index contributed by atoms with van der Waals surface area (Å²) in [5.41, 5.74) is 2.55. The second kappa shape index (κ2) is 7.78. The fraction of sp³-hybridized carbons (Fsp3) is 0.353. The van der Waals surface area contributed by atoms with Gasteiger partial charge in [-0.15, -0.1) is 0 Å². The third kappa shape index (κ3) is 4.76. The quantitative estimate of drug-likeness (QED) is 0.840. The van der Waals surface area contributed by atoms with Crippen LogP contribution in [0.15, 0.2) is 54.9 Å². The Kier molecular flexibility index (Phi) is 5.71. The Morgan fingerprint density at radius 1 is 1.00 bits per heavy atom. The topological polar surface area (TPSA) is 36.4 Å². The average molecular weight is 270 g/mol. The van der Waals surface area contributed by atoms with Crippen molar-refractivity contribution >= 4 is 0 Å². The second-order valence-corrected chi connectivity index (χ2v) is 5.30. The molecule has 1 aromatic carbocycles. The van der Waals surface area contributed by atoms with Crippen molar-refractivity contribution in [1.82, 2.24) is 9.88 Å². The summed E-state index contributed by atoms with van der Waals surface area (Å²) in [6.07, 6.45) is 3.65. The van der Waals surface area contributed by atoms with Gasteiger partial charge in [-0.05, 0) is 29.2 Å². The molecule has 0 saturated heterocycles. The summed E-state index contributed by atoms with van der Waals surface area (Å²) in [5.74, 6) is 0.278. The maximum absolute atomic E-state index is 9.28. The van der Waals surface area contributed by atoms with Crippen molar-refractivity contribution in [2.45, 2.75) is 20.0 Å². The Morgan fingerprint density at radius 2 is 1.60 bits per heavy atom. The van der Waals surface area contributed by atoms with Crippen molar-refractivity contribution in [2.24, 2.45) is 5.92 Å². The van der Waals surface area contributed by atoms with Crippen LogP contribution < -0.4 is 0 Å². The molecular formula is C17H22N2O. The molecule has 0 saturated carbocycles. The largest absolute Gasteiger partial charge is 0.396 e. The van der Waals surface area contributed by atoms with Gasteiger partial charge in [0.2, 0.25) is 0 Å². The van der Waals surface area contributed by atoms with E-state index < -0.39 is 0 Å². The smallest absolute Gasteiger partial charge is 0.0468 e. The molecule has 1 aromatic heterocycles. The zero-order valence-corrected chi connectivity index (χ0v) is 11.9. The molecule has 2 aromatic rings. The number of rotatable bonds is 7. The minimum Gasteiger partial charge on any atom is -0.396 e. The fourth-order valence-corrected chi connectivity index (χ4v) is 2.27. The van der Waals surface area contributed by atoms with Crippen LogP contribution in [0.3, 0.4) is 0 Å². The highest BCUT2D eigenvalue weighted by molar-refractivity contribution is 5.15. The predicted octanol–water partition coefficient (Wildman–Crippen LogP) is 2.71. The first-order valence-corrected chi connectivity index (χ1v) is 7.04.